The largest absolute Gasteiger partial charge is 0.493 e. The zero-order valence-electron chi connectivity index (χ0n) is 9.32. The number of aliphatic hydroxyl groups excluding tert-OH is 1. The Labute approximate surface area is 94.0 Å². The topological polar surface area (TPSA) is 67.8 Å². The average molecular weight is 225 g/mol. The van der Waals surface area contributed by atoms with Gasteiger partial charge in [-0.15, -0.1) is 0 Å². The van der Waals surface area contributed by atoms with Crippen LogP contribution < -0.4 is 14.8 Å². The Bertz CT molecular complexity index is 343. The van der Waals surface area contributed by atoms with Crippen LogP contribution in [0, 0.1) is 0 Å². The Morgan fingerprint density at radius 2 is 2.25 bits per heavy atom. The fourth-order valence-electron chi connectivity index (χ4n) is 1.22. The van der Waals surface area contributed by atoms with E-state index in [1.165, 1.54) is 14.2 Å². The van der Waals surface area contributed by atoms with E-state index in [4.69, 9.17) is 14.6 Å². The third kappa shape index (κ3) is 2.87. The highest BCUT2D eigenvalue weighted by atomic mass is 16.5. The molecule has 0 aliphatic rings. The van der Waals surface area contributed by atoms with Gasteiger partial charge < -0.3 is 19.9 Å². The number of amides is 1. The number of rotatable bonds is 5. The molecular weight excluding hydrogens is 210 g/mol. The van der Waals surface area contributed by atoms with Crippen LogP contribution in [0.3, 0.4) is 0 Å². The van der Waals surface area contributed by atoms with Crippen LogP contribution in [0.5, 0.6) is 11.5 Å². The molecule has 0 saturated heterocycles. The van der Waals surface area contributed by atoms with E-state index in [1.54, 1.807) is 18.2 Å². The smallest absolute Gasteiger partial charge is 0.257 e. The van der Waals surface area contributed by atoms with Crippen LogP contribution in [-0.2, 0) is 11.4 Å². The van der Waals surface area contributed by atoms with E-state index in [0.29, 0.717) is 17.1 Å². The van der Waals surface area contributed by atoms with Crippen LogP contribution in [0.25, 0.3) is 0 Å². The molecular formula is C11H15NO4. The van der Waals surface area contributed by atoms with Crippen LogP contribution in [0.2, 0.25) is 0 Å². The van der Waals surface area contributed by atoms with Crippen molar-refractivity contribution in [3.05, 3.63) is 23.8 Å². The third-order valence-electron chi connectivity index (χ3n) is 2.08. The Morgan fingerprint density at radius 1 is 1.50 bits per heavy atom. The highest BCUT2D eigenvalue weighted by Gasteiger charge is 2.11. The predicted molar refractivity (Wildman–Crippen MR) is 58.5 cm³/mol. The van der Waals surface area contributed by atoms with Gasteiger partial charge in [0.2, 0.25) is 0 Å². The summed E-state index contributed by atoms with van der Waals surface area (Å²) < 4.78 is 10.4. The third-order valence-corrected chi connectivity index (χ3v) is 2.08. The summed E-state index contributed by atoms with van der Waals surface area (Å²) in [4.78, 5) is 11.0. The van der Waals surface area contributed by atoms with E-state index in [9.17, 15) is 4.79 Å². The highest BCUT2D eigenvalue weighted by Crippen LogP contribution is 2.30. The lowest BCUT2D eigenvalue weighted by molar-refractivity contribution is -0.122. The van der Waals surface area contributed by atoms with Crippen molar-refractivity contribution in [1.29, 1.82) is 0 Å². The molecule has 1 rings (SSSR count). The standard InChI is InChI=1S/C11H15NO4/c1-12-10(14)7-16-11-8(6-13)4-3-5-9(11)15-2/h3-5,13H,6-7H2,1-2H3,(H,12,14). The molecule has 2 N–H and O–H groups in total. The number of benzene rings is 1. The van der Waals surface area contributed by atoms with Gasteiger partial charge in [-0.3, -0.25) is 4.79 Å². The minimum Gasteiger partial charge on any atom is -0.493 e. The number of carbonyl (C=O) groups is 1. The van der Waals surface area contributed by atoms with Gasteiger partial charge in [-0.2, -0.15) is 0 Å². The molecule has 1 amide bonds. The van der Waals surface area contributed by atoms with Crippen molar-refractivity contribution in [3.8, 4) is 11.5 Å². The summed E-state index contributed by atoms with van der Waals surface area (Å²) in [6.45, 7) is -0.274. The van der Waals surface area contributed by atoms with Crippen LogP contribution >= 0.6 is 0 Å². The zero-order chi connectivity index (χ0) is 12.0. The van der Waals surface area contributed by atoms with Gasteiger partial charge in [-0.05, 0) is 6.07 Å². The minimum absolute atomic E-state index is 0.107. The summed E-state index contributed by atoms with van der Waals surface area (Å²) in [7, 11) is 3.03. The first-order valence-electron chi connectivity index (χ1n) is 4.83. The van der Waals surface area contributed by atoms with E-state index >= 15 is 0 Å². The van der Waals surface area contributed by atoms with Gasteiger partial charge in [-0.25, -0.2) is 0 Å². The second-order valence-corrected chi connectivity index (χ2v) is 3.07. The van der Waals surface area contributed by atoms with Gasteiger partial charge in [0, 0.05) is 12.6 Å². The number of methoxy groups -OCH3 is 1. The van der Waals surface area contributed by atoms with Crippen molar-refractivity contribution < 1.29 is 19.4 Å². The maximum absolute atomic E-state index is 11.0. The molecule has 5 heteroatoms. The summed E-state index contributed by atoms with van der Waals surface area (Å²) in [6.07, 6.45) is 0. The van der Waals surface area contributed by atoms with Gasteiger partial charge in [0.1, 0.15) is 0 Å². The normalized spacial score (nSPS) is 9.69. The summed E-state index contributed by atoms with van der Waals surface area (Å²) in [5.74, 6) is 0.654. The van der Waals surface area contributed by atoms with Crippen LogP contribution in [-0.4, -0.2) is 31.8 Å². The first kappa shape index (κ1) is 12.3. The highest BCUT2D eigenvalue weighted by molar-refractivity contribution is 5.77. The summed E-state index contributed by atoms with van der Waals surface area (Å²) in [5.41, 5.74) is 0.586. The number of ether oxygens (including phenoxy) is 2. The molecule has 0 spiro atoms. The summed E-state index contributed by atoms with van der Waals surface area (Å²) in [5, 5.41) is 11.6. The number of hydrogen-bond donors (Lipinski definition) is 2. The molecule has 0 unspecified atom stereocenters. The van der Waals surface area contributed by atoms with Crippen LogP contribution in [0.4, 0.5) is 0 Å². The molecule has 1 aromatic rings. The monoisotopic (exact) mass is 225 g/mol. The van der Waals surface area contributed by atoms with Crippen molar-refractivity contribution in [2.75, 3.05) is 20.8 Å². The predicted octanol–water partition coefficient (Wildman–Crippen LogP) is 0.312. The number of para-hydroxylation sites is 1. The fourth-order valence-corrected chi connectivity index (χ4v) is 1.22. The molecule has 0 aliphatic carbocycles. The first-order valence-corrected chi connectivity index (χ1v) is 4.83. The molecule has 0 aromatic heterocycles. The van der Waals surface area contributed by atoms with Gasteiger partial charge in [0.05, 0.1) is 13.7 Å². The average Bonchev–Trinajstić information content (AvgIpc) is 2.35. The van der Waals surface area contributed by atoms with E-state index < -0.39 is 0 Å². The van der Waals surface area contributed by atoms with E-state index in [1.807, 2.05) is 0 Å². The minimum atomic E-state index is -0.241. The van der Waals surface area contributed by atoms with Crippen LogP contribution in [0.15, 0.2) is 18.2 Å². The first-order chi connectivity index (χ1) is 7.72. The quantitative estimate of drug-likeness (QED) is 0.757. The van der Waals surface area contributed by atoms with Crippen molar-refractivity contribution in [3.63, 3.8) is 0 Å². The lowest BCUT2D eigenvalue weighted by atomic mass is 10.2. The molecule has 0 aliphatic heterocycles. The maximum atomic E-state index is 11.0. The van der Waals surface area contributed by atoms with Gasteiger partial charge in [0.15, 0.2) is 18.1 Å². The van der Waals surface area contributed by atoms with E-state index in [0.717, 1.165) is 0 Å². The number of carbonyl (C=O) groups excluding carboxylic acids is 1. The summed E-state index contributed by atoms with van der Waals surface area (Å²) >= 11 is 0. The molecule has 16 heavy (non-hydrogen) atoms. The Hall–Kier alpha value is -1.75. The molecule has 0 bridgehead atoms. The number of nitrogens with one attached hydrogen (secondary N) is 1. The van der Waals surface area contributed by atoms with E-state index in [-0.39, 0.29) is 19.1 Å². The maximum Gasteiger partial charge on any atom is 0.257 e. The molecule has 0 heterocycles. The molecule has 0 radical (unpaired) electrons. The lowest BCUT2D eigenvalue weighted by Crippen LogP contribution is -2.25. The fraction of sp³-hybridized carbons (Fsp3) is 0.364. The van der Waals surface area contributed by atoms with Gasteiger partial charge in [-0.1, -0.05) is 12.1 Å². The Kier molecular flexibility index (Phi) is 4.60. The van der Waals surface area contributed by atoms with E-state index in [2.05, 4.69) is 5.32 Å². The molecule has 5 nitrogen and oxygen atoms in total. The van der Waals surface area contributed by atoms with Crippen molar-refractivity contribution in [1.82, 2.24) is 5.32 Å². The van der Waals surface area contributed by atoms with Gasteiger partial charge >= 0.3 is 0 Å². The molecule has 0 atom stereocenters. The van der Waals surface area contributed by atoms with Crippen molar-refractivity contribution in [2.45, 2.75) is 6.61 Å². The summed E-state index contributed by atoms with van der Waals surface area (Å²) in [6, 6.07) is 5.16. The number of aliphatic hydroxyl groups is 1. The number of likely N-dealkylation sites (N-methyl/N-ethyl adjacent to an activating group) is 1. The second kappa shape index (κ2) is 5.97. The Balaban J connectivity index is 2.86. The SMILES string of the molecule is CNC(=O)COc1c(CO)cccc1OC. The molecule has 0 fully saturated rings. The molecule has 1 aromatic carbocycles. The number of hydrogen-bond acceptors (Lipinski definition) is 4. The van der Waals surface area contributed by atoms with Crippen LogP contribution in [0.1, 0.15) is 5.56 Å². The lowest BCUT2D eigenvalue weighted by Gasteiger charge is -2.13. The zero-order valence-corrected chi connectivity index (χ0v) is 9.32. The Morgan fingerprint density at radius 3 is 2.81 bits per heavy atom. The van der Waals surface area contributed by atoms with Gasteiger partial charge in [0.25, 0.3) is 5.91 Å². The van der Waals surface area contributed by atoms with Crippen molar-refractivity contribution >= 4 is 5.91 Å². The molecule has 0 saturated carbocycles. The molecule has 88 valence electrons. The van der Waals surface area contributed by atoms with Crippen molar-refractivity contribution in [2.24, 2.45) is 0 Å². The second-order valence-electron chi connectivity index (χ2n) is 3.07.